The molecule has 0 aromatic carbocycles. The first-order valence-electron chi connectivity index (χ1n) is 4.21. The van der Waals surface area contributed by atoms with Gasteiger partial charge in [-0.05, 0) is 28.1 Å². The van der Waals surface area contributed by atoms with E-state index in [1.165, 1.54) is 0 Å². The quantitative estimate of drug-likeness (QED) is 0.908. The van der Waals surface area contributed by atoms with Crippen LogP contribution in [0.25, 0.3) is 0 Å². The highest BCUT2D eigenvalue weighted by Crippen LogP contribution is 2.15. The van der Waals surface area contributed by atoms with Gasteiger partial charge < -0.3 is 8.98 Å². The number of rotatable bonds is 2. The Labute approximate surface area is 94.2 Å². The van der Waals surface area contributed by atoms with Crippen LogP contribution in [-0.2, 0) is 7.05 Å². The van der Waals surface area contributed by atoms with Crippen molar-refractivity contribution in [1.29, 1.82) is 0 Å². The Balaban J connectivity index is 2.14. The van der Waals surface area contributed by atoms with Crippen molar-refractivity contribution >= 4 is 27.8 Å². The van der Waals surface area contributed by atoms with Crippen LogP contribution in [0.2, 0.25) is 0 Å². The summed E-state index contributed by atoms with van der Waals surface area (Å²) >= 11 is 3.13. The first-order chi connectivity index (χ1) is 7.16. The summed E-state index contributed by atoms with van der Waals surface area (Å²) in [6, 6.07) is 3.25. The molecule has 0 spiro atoms. The molecule has 0 fully saturated rings. The van der Waals surface area contributed by atoms with Gasteiger partial charge in [0.1, 0.15) is 0 Å². The van der Waals surface area contributed by atoms with Gasteiger partial charge in [0.25, 0.3) is 5.91 Å². The minimum atomic E-state index is -0.324. The summed E-state index contributed by atoms with van der Waals surface area (Å²) in [5.74, 6) is 0.396. The molecule has 0 aliphatic heterocycles. The van der Waals surface area contributed by atoms with Gasteiger partial charge in [0, 0.05) is 19.4 Å². The van der Waals surface area contributed by atoms with Crippen molar-refractivity contribution in [2.45, 2.75) is 0 Å². The van der Waals surface area contributed by atoms with Crippen molar-refractivity contribution in [2.24, 2.45) is 7.05 Å². The molecule has 0 saturated carbocycles. The van der Waals surface area contributed by atoms with Gasteiger partial charge in [0.05, 0.1) is 0 Å². The maximum atomic E-state index is 11.6. The van der Waals surface area contributed by atoms with Gasteiger partial charge in [0.2, 0.25) is 5.95 Å². The third-order valence-corrected chi connectivity index (χ3v) is 2.27. The lowest BCUT2D eigenvalue weighted by Gasteiger charge is -2.01. The first kappa shape index (κ1) is 9.97. The van der Waals surface area contributed by atoms with Crippen molar-refractivity contribution in [3.8, 4) is 0 Å². The summed E-state index contributed by atoms with van der Waals surface area (Å²) in [5, 5.41) is 2.62. The number of aryl methyl sites for hydroxylation is 1. The molecule has 2 rings (SSSR count). The average Bonchev–Trinajstić information content (AvgIpc) is 2.77. The third-order valence-electron chi connectivity index (χ3n) is 1.84. The molecule has 15 heavy (non-hydrogen) atoms. The summed E-state index contributed by atoms with van der Waals surface area (Å²) in [7, 11) is 1.79. The number of nitrogens with zero attached hydrogens (tertiary/aromatic N) is 2. The second-order valence-corrected chi connectivity index (χ2v) is 3.70. The van der Waals surface area contributed by atoms with Crippen LogP contribution in [0.1, 0.15) is 10.6 Å². The molecule has 6 heteroatoms. The lowest BCUT2D eigenvalue weighted by Crippen LogP contribution is -2.14. The number of furan rings is 1. The van der Waals surface area contributed by atoms with Crippen LogP contribution in [0.5, 0.6) is 0 Å². The van der Waals surface area contributed by atoms with E-state index in [-0.39, 0.29) is 11.7 Å². The summed E-state index contributed by atoms with van der Waals surface area (Å²) in [6.07, 6.45) is 3.35. The van der Waals surface area contributed by atoms with E-state index >= 15 is 0 Å². The molecular weight excluding hydrogens is 262 g/mol. The standard InChI is InChI=1S/C9H8BrN3O2/c1-13-5-4-11-9(13)12-8(14)6-2-3-7(10)15-6/h2-5H,1H3,(H,11,12,14). The van der Waals surface area contributed by atoms with Gasteiger partial charge in [-0.3, -0.25) is 10.1 Å². The summed E-state index contributed by atoms with van der Waals surface area (Å²) in [4.78, 5) is 15.6. The van der Waals surface area contributed by atoms with Crippen molar-refractivity contribution in [3.63, 3.8) is 0 Å². The Kier molecular flexibility index (Phi) is 2.59. The smallest absolute Gasteiger partial charge is 0.293 e. The largest absolute Gasteiger partial charge is 0.444 e. The molecule has 0 bridgehead atoms. The second-order valence-electron chi connectivity index (χ2n) is 2.92. The Morgan fingerprint density at radius 3 is 2.93 bits per heavy atom. The molecule has 78 valence electrons. The SMILES string of the molecule is Cn1ccnc1NC(=O)c1ccc(Br)o1. The summed E-state index contributed by atoms with van der Waals surface area (Å²) in [6.45, 7) is 0. The topological polar surface area (TPSA) is 60.1 Å². The first-order valence-corrected chi connectivity index (χ1v) is 5.00. The Morgan fingerprint density at radius 1 is 1.60 bits per heavy atom. The number of carbonyl (C=O) groups excluding carboxylic acids is 1. The fourth-order valence-corrected chi connectivity index (χ4v) is 1.39. The molecule has 2 heterocycles. The van der Waals surface area contributed by atoms with E-state index in [9.17, 15) is 4.79 Å². The van der Waals surface area contributed by atoms with E-state index in [4.69, 9.17) is 4.42 Å². The van der Waals surface area contributed by atoms with E-state index in [1.54, 1.807) is 36.1 Å². The molecule has 2 aromatic rings. The van der Waals surface area contributed by atoms with Gasteiger partial charge in [-0.2, -0.15) is 0 Å². The van der Waals surface area contributed by atoms with Crippen molar-refractivity contribution in [1.82, 2.24) is 9.55 Å². The van der Waals surface area contributed by atoms with Crippen LogP contribution in [0.4, 0.5) is 5.95 Å². The van der Waals surface area contributed by atoms with E-state index < -0.39 is 0 Å². The number of anilines is 1. The summed E-state index contributed by atoms with van der Waals surface area (Å²) < 4.78 is 7.33. The molecule has 1 N–H and O–H groups in total. The second kappa shape index (κ2) is 3.90. The Bertz CT molecular complexity index is 489. The van der Waals surface area contributed by atoms with E-state index in [0.29, 0.717) is 10.6 Å². The van der Waals surface area contributed by atoms with Crippen molar-refractivity contribution < 1.29 is 9.21 Å². The number of halogens is 1. The molecule has 0 aliphatic carbocycles. The maximum absolute atomic E-state index is 11.6. The number of hydrogen-bond donors (Lipinski definition) is 1. The fourth-order valence-electron chi connectivity index (χ4n) is 1.09. The maximum Gasteiger partial charge on any atom is 0.293 e. The number of carbonyl (C=O) groups is 1. The summed E-state index contributed by atoms with van der Waals surface area (Å²) in [5.41, 5.74) is 0. The van der Waals surface area contributed by atoms with Gasteiger partial charge in [-0.15, -0.1) is 0 Å². The number of nitrogens with one attached hydrogen (secondary N) is 1. The highest BCUT2D eigenvalue weighted by Gasteiger charge is 2.12. The van der Waals surface area contributed by atoms with Gasteiger partial charge in [0.15, 0.2) is 10.4 Å². The lowest BCUT2D eigenvalue weighted by atomic mass is 10.4. The molecule has 0 atom stereocenters. The highest BCUT2D eigenvalue weighted by atomic mass is 79.9. The predicted molar refractivity (Wildman–Crippen MR) is 57.6 cm³/mol. The zero-order valence-corrected chi connectivity index (χ0v) is 9.48. The van der Waals surface area contributed by atoms with Crippen LogP contribution in [0, 0.1) is 0 Å². The minimum Gasteiger partial charge on any atom is -0.444 e. The van der Waals surface area contributed by atoms with Crippen LogP contribution >= 0.6 is 15.9 Å². The van der Waals surface area contributed by atoms with Crippen molar-refractivity contribution in [3.05, 3.63) is 35.0 Å². The molecule has 5 nitrogen and oxygen atoms in total. The molecule has 0 aliphatic rings. The fraction of sp³-hybridized carbons (Fsp3) is 0.111. The number of hydrogen-bond acceptors (Lipinski definition) is 3. The lowest BCUT2D eigenvalue weighted by molar-refractivity contribution is 0.0994. The van der Waals surface area contributed by atoms with Gasteiger partial charge in [-0.1, -0.05) is 0 Å². The highest BCUT2D eigenvalue weighted by molar-refractivity contribution is 9.10. The average molecular weight is 270 g/mol. The number of aromatic nitrogens is 2. The molecule has 0 unspecified atom stereocenters. The van der Waals surface area contributed by atoms with Crippen LogP contribution in [0.15, 0.2) is 33.6 Å². The van der Waals surface area contributed by atoms with Crippen molar-refractivity contribution in [2.75, 3.05) is 5.32 Å². The monoisotopic (exact) mass is 269 g/mol. The Hall–Kier alpha value is -1.56. The minimum absolute atomic E-state index is 0.241. The predicted octanol–water partition coefficient (Wildman–Crippen LogP) is 2.03. The number of imidazole rings is 1. The van der Waals surface area contributed by atoms with E-state index in [2.05, 4.69) is 26.2 Å². The normalized spacial score (nSPS) is 10.3. The van der Waals surface area contributed by atoms with Crippen LogP contribution in [-0.4, -0.2) is 15.5 Å². The van der Waals surface area contributed by atoms with Crippen LogP contribution in [0.3, 0.4) is 0 Å². The van der Waals surface area contributed by atoms with Gasteiger partial charge in [-0.25, -0.2) is 4.98 Å². The zero-order chi connectivity index (χ0) is 10.8. The molecular formula is C9H8BrN3O2. The van der Waals surface area contributed by atoms with Crippen LogP contribution < -0.4 is 5.32 Å². The molecule has 2 aromatic heterocycles. The van der Waals surface area contributed by atoms with E-state index in [1.807, 2.05) is 0 Å². The zero-order valence-electron chi connectivity index (χ0n) is 7.90. The Morgan fingerprint density at radius 2 is 2.40 bits per heavy atom. The van der Waals surface area contributed by atoms with E-state index in [0.717, 1.165) is 0 Å². The third kappa shape index (κ3) is 2.10. The molecule has 1 amide bonds. The van der Waals surface area contributed by atoms with Gasteiger partial charge >= 0.3 is 0 Å². The molecule has 0 saturated heterocycles. The molecule has 0 radical (unpaired) electrons. The number of amides is 1.